The number of carbonyl (C=O) groups excluding carboxylic acids is 2. The van der Waals surface area contributed by atoms with E-state index in [1.54, 1.807) is 0 Å². The molecule has 0 aliphatic heterocycles. The van der Waals surface area contributed by atoms with Crippen LogP contribution >= 0.6 is 0 Å². The van der Waals surface area contributed by atoms with Gasteiger partial charge in [0.05, 0.1) is 0 Å². The third-order valence-corrected chi connectivity index (χ3v) is 6.28. The average Bonchev–Trinajstić information content (AvgIpc) is 2.57. The predicted octanol–water partition coefficient (Wildman–Crippen LogP) is 4.82. The van der Waals surface area contributed by atoms with E-state index in [1.807, 2.05) is 0 Å². The molecule has 2 amide bonds. The first kappa shape index (κ1) is 22.2. The van der Waals surface area contributed by atoms with Crippen LogP contribution in [0.1, 0.15) is 98.3 Å². The topological polar surface area (TPSA) is 58.2 Å². The van der Waals surface area contributed by atoms with Crippen LogP contribution in [0.25, 0.3) is 0 Å². The Bertz CT molecular complexity index is 417. The molecule has 0 atom stereocenters. The summed E-state index contributed by atoms with van der Waals surface area (Å²) in [6, 6.07) is 0.804. The summed E-state index contributed by atoms with van der Waals surface area (Å²) in [5.41, 5.74) is 0. The van der Waals surface area contributed by atoms with Gasteiger partial charge in [0.2, 0.25) is 11.8 Å². The normalized spacial score (nSPS) is 29.0. The number of hydrogen-bond acceptors (Lipinski definition) is 2. The minimum absolute atomic E-state index is 0.228. The van der Waals surface area contributed by atoms with E-state index in [1.165, 1.54) is 32.1 Å². The SMILES string of the molecule is CC(C)CC(=O)NC1CCC(CC2CCC(NC(=O)CC(C)C)CC2)CC1. The van der Waals surface area contributed by atoms with Crippen LogP contribution in [0.2, 0.25) is 0 Å². The van der Waals surface area contributed by atoms with E-state index >= 15 is 0 Å². The van der Waals surface area contributed by atoms with Gasteiger partial charge in [0, 0.05) is 24.9 Å². The lowest BCUT2D eigenvalue weighted by Crippen LogP contribution is -2.39. The molecule has 2 N–H and O–H groups in total. The summed E-state index contributed by atoms with van der Waals surface area (Å²) in [6.45, 7) is 8.39. The van der Waals surface area contributed by atoms with Crippen molar-refractivity contribution in [3.8, 4) is 0 Å². The fourth-order valence-corrected chi connectivity index (χ4v) is 4.87. The first-order chi connectivity index (χ1) is 12.8. The van der Waals surface area contributed by atoms with Gasteiger partial charge < -0.3 is 10.6 Å². The molecule has 2 aliphatic rings. The maximum Gasteiger partial charge on any atom is 0.220 e. The third-order valence-electron chi connectivity index (χ3n) is 6.28. The maximum absolute atomic E-state index is 11.9. The smallest absolute Gasteiger partial charge is 0.220 e. The van der Waals surface area contributed by atoms with Crippen LogP contribution in [-0.4, -0.2) is 23.9 Å². The molecule has 2 rings (SSSR count). The fraction of sp³-hybridized carbons (Fsp3) is 0.913. The van der Waals surface area contributed by atoms with Gasteiger partial charge in [-0.15, -0.1) is 0 Å². The van der Waals surface area contributed by atoms with E-state index in [4.69, 9.17) is 0 Å². The molecule has 0 aromatic carbocycles. The predicted molar refractivity (Wildman–Crippen MR) is 111 cm³/mol. The van der Waals surface area contributed by atoms with Crippen molar-refractivity contribution < 1.29 is 9.59 Å². The van der Waals surface area contributed by atoms with Crippen molar-refractivity contribution in [2.45, 2.75) is 110 Å². The molecule has 0 saturated heterocycles. The Balaban J connectivity index is 1.60. The molecule has 0 radical (unpaired) electrons. The molecule has 0 aromatic rings. The highest BCUT2D eigenvalue weighted by Gasteiger charge is 2.28. The molecule has 156 valence electrons. The van der Waals surface area contributed by atoms with Gasteiger partial charge in [-0.1, -0.05) is 27.7 Å². The van der Waals surface area contributed by atoms with E-state index in [-0.39, 0.29) is 11.8 Å². The van der Waals surface area contributed by atoms with E-state index in [0.717, 1.165) is 37.5 Å². The summed E-state index contributed by atoms with van der Waals surface area (Å²) < 4.78 is 0. The molecule has 4 nitrogen and oxygen atoms in total. The van der Waals surface area contributed by atoms with Gasteiger partial charge >= 0.3 is 0 Å². The quantitative estimate of drug-likeness (QED) is 0.636. The Kier molecular flexibility index (Phi) is 9.11. The van der Waals surface area contributed by atoms with Crippen LogP contribution in [0.3, 0.4) is 0 Å². The van der Waals surface area contributed by atoms with Crippen molar-refractivity contribution in [2.24, 2.45) is 23.7 Å². The summed E-state index contributed by atoms with van der Waals surface area (Å²) >= 11 is 0. The Morgan fingerprint density at radius 2 is 1.00 bits per heavy atom. The Morgan fingerprint density at radius 1 is 0.667 bits per heavy atom. The highest BCUT2D eigenvalue weighted by atomic mass is 16.2. The van der Waals surface area contributed by atoms with Crippen molar-refractivity contribution in [3.63, 3.8) is 0 Å². The molecule has 2 saturated carbocycles. The van der Waals surface area contributed by atoms with Gasteiger partial charge in [0.25, 0.3) is 0 Å². The first-order valence-electron chi connectivity index (χ1n) is 11.4. The standard InChI is InChI=1S/C23H42N2O2/c1-16(2)13-22(26)24-20-9-5-18(6-10-20)15-19-7-11-21(12-8-19)25-23(27)14-17(3)4/h16-21H,5-15H2,1-4H3,(H,24,26)(H,25,27). The van der Waals surface area contributed by atoms with Crippen LogP contribution in [0.5, 0.6) is 0 Å². The monoisotopic (exact) mass is 378 g/mol. The zero-order valence-electron chi connectivity index (χ0n) is 18.1. The largest absolute Gasteiger partial charge is 0.353 e. The highest BCUT2D eigenvalue weighted by Crippen LogP contribution is 2.35. The van der Waals surface area contributed by atoms with Gasteiger partial charge in [-0.05, 0) is 81.5 Å². The minimum atomic E-state index is 0.228. The third kappa shape index (κ3) is 8.66. The van der Waals surface area contributed by atoms with Gasteiger partial charge in [0.1, 0.15) is 0 Å². The van der Waals surface area contributed by atoms with Crippen molar-refractivity contribution in [2.75, 3.05) is 0 Å². The van der Waals surface area contributed by atoms with E-state index < -0.39 is 0 Å². The average molecular weight is 379 g/mol. The Hall–Kier alpha value is -1.06. The number of carbonyl (C=O) groups is 2. The van der Waals surface area contributed by atoms with Gasteiger partial charge in [-0.3, -0.25) is 9.59 Å². The van der Waals surface area contributed by atoms with E-state index in [2.05, 4.69) is 38.3 Å². The summed E-state index contributed by atoms with van der Waals surface area (Å²) in [5.74, 6) is 3.00. The molecule has 4 heteroatoms. The van der Waals surface area contributed by atoms with Crippen LogP contribution in [-0.2, 0) is 9.59 Å². The Morgan fingerprint density at radius 3 is 1.30 bits per heavy atom. The Labute approximate surface area is 166 Å². The van der Waals surface area contributed by atoms with E-state index in [0.29, 0.717) is 36.8 Å². The molecule has 0 bridgehead atoms. The van der Waals surface area contributed by atoms with Crippen LogP contribution in [0, 0.1) is 23.7 Å². The lowest BCUT2D eigenvalue weighted by Gasteiger charge is -2.34. The van der Waals surface area contributed by atoms with Gasteiger partial charge in [-0.25, -0.2) is 0 Å². The molecule has 0 aromatic heterocycles. The highest BCUT2D eigenvalue weighted by molar-refractivity contribution is 5.76. The molecule has 2 aliphatic carbocycles. The summed E-state index contributed by atoms with van der Waals surface area (Å²) in [7, 11) is 0. The summed E-state index contributed by atoms with van der Waals surface area (Å²) in [4.78, 5) is 23.9. The van der Waals surface area contributed by atoms with Gasteiger partial charge in [0.15, 0.2) is 0 Å². The number of hydrogen-bond donors (Lipinski definition) is 2. The van der Waals surface area contributed by atoms with Crippen molar-refractivity contribution in [1.82, 2.24) is 10.6 Å². The minimum Gasteiger partial charge on any atom is -0.353 e. The molecule has 0 unspecified atom stereocenters. The number of rotatable bonds is 8. The lowest BCUT2D eigenvalue weighted by atomic mass is 9.75. The van der Waals surface area contributed by atoms with Crippen molar-refractivity contribution in [3.05, 3.63) is 0 Å². The zero-order chi connectivity index (χ0) is 19.8. The van der Waals surface area contributed by atoms with Gasteiger partial charge in [-0.2, -0.15) is 0 Å². The zero-order valence-corrected chi connectivity index (χ0v) is 18.1. The van der Waals surface area contributed by atoms with Crippen LogP contribution < -0.4 is 10.6 Å². The van der Waals surface area contributed by atoms with Crippen molar-refractivity contribution in [1.29, 1.82) is 0 Å². The molecular weight excluding hydrogens is 336 g/mol. The molecule has 0 spiro atoms. The molecule has 2 fully saturated rings. The molecule has 0 heterocycles. The van der Waals surface area contributed by atoms with E-state index in [9.17, 15) is 9.59 Å². The van der Waals surface area contributed by atoms with Crippen molar-refractivity contribution >= 4 is 11.8 Å². The molecule has 27 heavy (non-hydrogen) atoms. The number of amides is 2. The second-order valence-electron chi connectivity index (χ2n) is 10.0. The molecular formula is C23H42N2O2. The lowest BCUT2D eigenvalue weighted by molar-refractivity contribution is -0.123. The van der Waals surface area contributed by atoms with Crippen LogP contribution in [0.4, 0.5) is 0 Å². The summed E-state index contributed by atoms with van der Waals surface area (Å²) in [5, 5.41) is 6.47. The fourth-order valence-electron chi connectivity index (χ4n) is 4.87. The number of nitrogens with one attached hydrogen (secondary N) is 2. The first-order valence-corrected chi connectivity index (χ1v) is 11.4. The second-order valence-corrected chi connectivity index (χ2v) is 10.0. The second kappa shape index (κ2) is 11.1. The van der Waals surface area contributed by atoms with Crippen LogP contribution in [0.15, 0.2) is 0 Å². The maximum atomic E-state index is 11.9. The summed E-state index contributed by atoms with van der Waals surface area (Å²) in [6.07, 6.45) is 12.3.